The van der Waals surface area contributed by atoms with Gasteiger partial charge in [0, 0.05) is 6.42 Å². The smallest absolute Gasteiger partial charge is 0.716 e. The number of rotatable bonds is 15. The van der Waals surface area contributed by atoms with Crippen molar-refractivity contribution in [1.82, 2.24) is 0 Å². The fourth-order valence-corrected chi connectivity index (χ4v) is 2.75. The van der Waals surface area contributed by atoms with Crippen molar-refractivity contribution >= 4 is 16.4 Å². The van der Waals surface area contributed by atoms with Gasteiger partial charge in [0.1, 0.15) is 0 Å². The molecule has 0 aromatic heterocycles. The summed E-state index contributed by atoms with van der Waals surface area (Å²) in [4.78, 5) is 11.0. The van der Waals surface area contributed by atoms with E-state index in [2.05, 4.69) is 11.1 Å². The number of carbonyl (C=O) groups is 1. The van der Waals surface area contributed by atoms with Crippen molar-refractivity contribution < 1.29 is 73.3 Å². The molecule has 0 aromatic rings. The molecule has 0 aliphatic heterocycles. The molecule has 0 fully saturated rings. The minimum absolute atomic E-state index is 0. The summed E-state index contributed by atoms with van der Waals surface area (Å²) in [5.74, 6) is -0.946. The van der Waals surface area contributed by atoms with Gasteiger partial charge in [-0.15, -0.1) is 0 Å². The van der Waals surface area contributed by atoms with Crippen LogP contribution in [0.3, 0.4) is 0 Å². The maximum absolute atomic E-state index is 11.0. The average Bonchev–Trinajstić information content (AvgIpc) is 2.42. The monoisotopic (exact) mass is 374 g/mol. The Morgan fingerprint density at radius 3 is 1.48 bits per heavy atom. The molecule has 0 radical (unpaired) electrons. The third kappa shape index (κ3) is 23.0. The number of hydrogen-bond acceptors (Lipinski definition) is 5. The molecule has 0 bridgehead atoms. The Morgan fingerprint density at radius 2 is 1.13 bits per heavy atom. The Balaban J connectivity index is 0. The third-order valence-electron chi connectivity index (χ3n) is 3.68. The first kappa shape index (κ1) is 26.2. The minimum Gasteiger partial charge on any atom is -0.716 e. The predicted octanol–water partition coefficient (Wildman–Crippen LogP) is 1.48. The van der Waals surface area contributed by atoms with Crippen molar-refractivity contribution in [2.75, 3.05) is 0 Å². The van der Waals surface area contributed by atoms with E-state index in [0.717, 1.165) is 19.3 Å². The normalized spacial score (nSPS) is 11.0. The maximum Gasteiger partial charge on any atom is 1.00 e. The summed E-state index contributed by atoms with van der Waals surface area (Å²) in [5.41, 5.74) is 0. The fraction of sp³-hybridized carbons (Fsp3) is 0.938. The first-order chi connectivity index (χ1) is 10.5. The quantitative estimate of drug-likeness (QED) is 0.188. The zero-order chi connectivity index (χ0) is 16.7. The minimum atomic E-state index is -4.89. The molecule has 0 heterocycles. The van der Waals surface area contributed by atoms with Gasteiger partial charge in [0.25, 0.3) is 10.4 Å². The summed E-state index contributed by atoms with van der Waals surface area (Å²) in [6, 6.07) is 0. The second-order valence-electron chi connectivity index (χ2n) is 5.86. The molecule has 7 heteroatoms. The fourth-order valence-electron chi connectivity index (χ4n) is 2.44. The van der Waals surface area contributed by atoms with Crippen LogP contribution in [-0.4, -0.2) is 18.9 Å². The molecule has 0 atom stereocenters. The molecular formula is C16H31KO5S. The van der Waals surface area contributed by atoms with Crippen molar-refractivity contribution in [3.63, 3.8) is 0 Å². The molecule has 132 valence electrons. The van der Waals surface area contributed by atoms with Crippen LogP contribution in [0.2, 0.25) is 0 Å². The van der Waals surface area contributed by atoms with Crippen LogP contribution in [0.1, 0.15) is 96.8 Å². The van der Waals surface area contributed by atoms with E-state index in [1.165, 1.54) is 57.8 Å². The third-order valence-corrected chi connectivity index (χ3v) is 4.07. The summed E-state index contributed by atoms with van der Waals surface area (Å²) >= 11 is 0. The van der Waals surface area contributed by atoms with Gasteiger partial charge in [-0.25, -0.2) is 8.42 Å². The SMILES string of the molecule is CCCCCCCCCCCCCCCC(=O)OS(=O)(=O)[O-].[K+]. The van der Waals surface area contributed by atoms with Gasteiger partial charge in [-0.05, 0) is 6.42 Å². The van der Waals surface area contributed by atoms with Gasteiger partial charge in [0.05, 0.1) is 0 Å². The molecule has 0 N–H and O–H groups in total. The van der Waals surface area contributed by atoms with Crippen molar-refractivity contribution in [3.8, 4) is 0 Å². The number of hydrogen-bond donors (Lipinski definition) is 0. The first-order valence-electron chi connectivity index (χ1n) is 8.64. The van der Waals surface area contributed by atoms with Crippen LogP contribution in [0.15, 0.2) is 0 Å². The summed E-state index contributed by atoms with van der Waals surface area (Å²) < 4.78 is 34.3. The molecule has 0 rings (SSSR count). The van der Waals surface area contributed by atoms with Gasteiger partial charge >= 0.3 is 57.4 Å². The van der Waals surface area contributed by atoms with E-state index in [-0.39, 0.29) is 57.8 Å². The first-order valence-corrected chi connectivity index (χ1v) is 9.97. The van der Waals surface area contributed by atoms with E-state index in [0.29, 0.717) is 6.42 Å². The zero-order valence-corrected chi connectivity index (χ0v) is 18.8. The van der Waals surface area contributed by atoms with E-state index in [9.17, 15) is 17.8 Å². The standard InChI is InChI=1S/C16H32O5S.K/c1-2-3-4-5-6-7-8-9-10-11-12-13-14-15-16(17)21-22(18,19)20;/h2-15H2,1H3,(H,18,19,20);/q;+1/p-1. The molecule has 0 saturated heterocycles. The average molecular weight is 375 g/mol. The second kappa shape index (κ2) is 17.8. The van der Waals surface area contributed by atoms with E-state index in [1.807, 2.05) is 0 Å². The molecular weight excluding hydrogens is 343 g/mol. The zero-order valence-electron chi connectivity index (χ0n) is 14.8. The Labute approximate surface area is 184 Å². The van der Waals surface area contributed by atoms with Gasteiger partial charge in [-0.3, -0.25) is 4.79 Å². The molecule has 0 aliphatic rings. The number of carbonyl (C=O) groups excluding carboxylic acids is 1. The molecule has 5 nitrogen and oxygen atoms in total. The van der Waals surface area contributed by atoms with E-state index in [4.69, 9.17) is 0 Å². The topological polar surface area (TPSA) is 83.5 Å². The second-order valence-corrected chi connectivity index (χ2v) is 6.84. The molecule has 0 saturated carbocycles. The molecule has 0 unspecified atom stereocenters. The summed E-state index contributed by atoms with van der Waals surface area (Å²) in [7, 11) is -4.89. The Bertz CT molecular complexity index is 371. The maximum atomic E-state index is 11.0. The molecule has 0 aliphatic carbocycles. The van der Waals surface area contributed by atoms with Gasteiger partial charge in [0.2, 0.25) is 0 Å². The Hall–Kier alpha value is 1.02. The van der Waals surface area contributed by atoms with Crippen LogP contribution in [0.25, 0.3) is 0 Å². The van der Waals surface area contributed by atoms with Gasteiger partial charge in [-0.1, -0.05) is 84.0 Å². The van der Waals surface area contributed by atoms with Crippen LogP contribution < -0.4 is 51.4 Å². The van der Waals surface area contributed by atoms with Gasteiger partial charge in [-0.2, -0.15) is 0 Å². The Kier molecular flexibility index (Phi) is 20.3. The summed E-state index contributed by atoms with van der Waals surface area (Å²) in [6.45, 7) is 2.23. The van der Waals surface area contributed by atoms with Crippen LogP contribution in [0.4, 0.5) is 0 Å². The van der Waals surface area contributed by atoms with E-state index >= 15 is 0 Å². The van der Waals surface area contributed by atoms with Crippen LogP contribution in [-0.2, 0) is 19.4 Å². The largest absolute Gasteiger partial charge is 1.00 e. The van der Waals surface area contributed by atoms with Crippen molar-refractivity contribution in [2.45, 2.75) is 96.8 Å². The summed E-state index contributed by atoms with van der Waals surface area (Å²) in [6.07, 6.45) is 15.5. The van der Waals surface area contributed by atoms with Crippen LogP contribution >= 0.6 is 0 Å². The van der Waals surface area contributed by atoms with Gasteiger partial charge < -0.3 is 8.74 Å². The predicted molar refractivity (Wildman–Crippen MR) is 86.1 cm³/mol. The van der Waals surface area contributed by atoms with E-state index < -0.39 is 16.4 Å². The number of unbranched alkanes of at least 4 members (excludes halogenated alkanes) is 12. The van der Waals surface area contributed by atoms with Crippen molar-refractivity contribution in [1.29, 1.82) is 0 Å². The van der Waals surface area contributed by atoms with Crippen LogP contribution in [0.5, 0.6) is 0 Å². The molecule has 0 amide bonds. The van der Waals surface area contributed by atoms with Crippen molar-refractivity contribution in [2.24, 2.45) is 0 Å². The van der Waals surface area contributed by atoms with Gasteiger partial charge in [0.15, 0.2) is 0 Å². The Morgan fingerprint density at radius 1 is 0.783 bits per heavy atom. The summed E-state index contributed by atoms with van der Waals surface area (Å²) in [5, 5.41) is 0. The molecule has 0 aromatic carbocycles. The molecule has 0 spiro atoms. The van der Waals surface area contributed by atoms with Crippen LogP contribution in [0, 0.1) is 0 Å². The van der Waals surface area contributed by atoms with Crippen molar-refractivity contribution in [3.05, 3.63) is 0 Å². The molecule has 23 heavy (non-hydrogen) atoms. The van der Waals surface area contributed by atoms with E-state index in [1.54, 1.807) is 0 Å².